The summed E-state index contributed by atoms with van der Waals surface area (Å²) in [6.45, 7) is 4.70. The minimum atomic E-state index is 0.323. The van der Waals surface area contributed by atoms with E-state index in [9.17, 15) is 0 Å². The first-order chi connectivity index (χ1) is 8.62. The van der Waals surface area contributed by atoms with E-state index in [0.29, 0.717) is 11.6 Å². The molecule has 0 radical (unpaired) electrons. The second kappa shape index (κ2) is 7.49. The van der Waals surface area contributed by atoms with Crippen LogP contribution in [0.3, 0.4) is 0 Å². The fourth-order valence-electron chi connectivity index (χ4n) is 4.19. The van der Waals surface area contributed by atoms with Crippen molar-refractivity contribution < 1.29 is 0 Å². The van der Waals surface area contributed by atoms with Crippen LogP contribution in [0.1, 0.15) is 65.2 Å². The molecule has 1 aliphatic carbocycles. The van der Waals surface area contributed by atoms with Gasteiger partial charge in [0.15, 0.2) is 0 Å². The van der Waals surface area contributed by atoms with Gasteiger partial charge < -0.3 is 10.2 Å². The number of hydrogen-bond acceptors (Lipinski definition) is 2. The predicted octanol–water partition coefficient (Wildman–Crippen LogP) is 3.67. The van der Waals surface area contributed by atoms with E-state index in [1.54, 1.807) is 0 Å². The van der Waals surface area contributed by atoms with Gasteiger partial charge >= 0.3 is 0 Å². The standard InChI is InChI=1S/C16H34N2/c1-6-16(7-2,18(4)5)15(17-3)14-12-10-8-9-11-13-14/h14-15,17H,6-13H2,1-5H3. The zero-order chi connectivity index (χ0) is 13.6. The summed E-state index contributed by atoms with van der Waals surface area (Å²) in [4.78, 5) is 2.47. The molecule has 2 nitrogen and oxygen atoms in total. The van der Waals surface area contributed by atoms with Gasteiger partial charge in [0.25, 0.3) is 0 Å². The van der Waals surface area contributed by atoms with Crippen molar-refractivity contribution in [2.45, 2.75) is 76.8 Å². The first-order valence-corrected chi connectivity index (χ1v) is 7.97. The maximum absolute atomic E-state index is 3.68. The first-order valence-electron chi connectivity index (χ1n) is 7.97. The molecule has 0 aliphatic heterocycles. The summed E-state index contributed by atoms with van der Waals surface area (Å²) >= 11 is 0. The third-order valence-electron chi connectivity index (χ3n) is 5.38. The van der Waals surface area contributed by atoms with Gasteiger partial charge in [-0.3, -0.25) is 0 Å². The second-order valence-corrected chi connectivity index (χ2v) is 6.22. The molecule has 0 heterocycles. The maximum atomic E-state index is 3.68. The molecule has 0 amide bonds. The van der Waals surface area contributed by atoms with Crippen LogP contribution >= 0.6 is 0 Å². The van der Waals surface area contributed by atoms with Crippen LogP contribution in [0.25, 0.3) is 0 Å². The Hall–Kier alpha value is -0.0800. The Balaban J connectivity index is 2.89. The van der Waals surface area contributed by atoms with Gasteiger partial charge in [-0.1, -0.05) is 39.5 Å². The molecule has 0 aromatic heterocycles. The highest BCUT2D eigenvalue weighted by Gasteiger charge is 2.40. The Morgan fingerprint density at radius 2 is 1.56 bits per heavy atom. The SMILES string of the molecule is CCC(CC)(C(NC)C1CCCCCC1)N(C)C. The smallest absolute Gasteiger partial charge is 0.0353 e. The third-order valence-corrected chi connectivity index (χ3v) is 5.38. The molecule has 1 unspecified atom stereocenters. The van der Waals surface area contributed by atoms with Gasteiger partial charge in [-0.25, -0.2) is 0 Å². The van der Waals surface area contributed by atoms with Crippen molar-refractivity contribution in [1.29, 1.82) is 0 Å². The lowest BCUT2D eigenvalue weighted by Crippen LogP contribution is -2.60. The minimum absolute atomic E-state index is 0.323. The fraction of sp³-hybridized carbons (Fsp3) is 1.00. The molecule has 108 valence electrons. The largest absolute Gasteiger partial charge is 0.315 e. The van der Waals surface area contributed by atoms with Crippen molar-refractivity contribution >= 4 is 0 Å². The summed E-state index contributed by atoms with van der Waals surface area (Å²) in [5.41, 5.74) is 0.323. The minimum Gasteiger partial charge on any atom is -0.315 e. The lowest BCUT2D eigenvalue weighted by atomic mass is 9.74. The topological polar surface area (TPSA) is 15.3 Å². The molecule has 18 heavy (non-hydrogen) atoms. The monoisotopic (exact) mass is 254 g/mol. The van der Waals surface area contributed by atoms with Crippen molar-refractivity contribution in [3.8, 4) is 0 Å². The van der Waals surface area contributed by atoms with Crippen molar-refractivity contribution in [3.63, 3.8) is 0 Å². The van der Waals surface area contributed by atoms with Crippen molar-refractivity contribution in [2.75, 3.05) is 21.1 Å². The number of likely N-dealkylation sites (N-methyl/N-ethyl adjacent to an activating group) is 2. The van der Waals surface area contributed by atoms with E-state index in [0.717, 1.165) is 5.92 Å². The normalized spacial score (nSPS) is 21.0. The zero-order valence-corrected chi connectivity index (χ0v) is 13.3. The number of nitrogens with zero attached hydrogens (tertiary/aromatic N) is 1. The molecule has 0 saturated heterocycles. The Labute approximate surface area is 115 Å². The lowest BCUT2D eigenvalue weighted by Gasteiger charge is -2.48. The van der Waals surface area contributed by atoms with E-state index >= 15 is 0 Å². The van der Waals surface area contributed by atoms with Gasteiger partial charge in [-0.05, 0) is 52.7 Å². The molecular formula is C16H34N2. The highest BCUT2D eigenvalue weighted by atomic mass is 15.2. The van der Waals surface area contributed by atoms with Crippen molar-refractivity contribution in [3.05, 3.63) is 0 Å². The Morgan fingerprint density at radius 3 is 1.89 bits per heavy atom. The summed E-state index contributed by atoms with van der Waals surface area (Å²) in [6.07, 6.45) is 11.1. The molecule has 0 aromatic carbocycles. The molecular weight excluding hydrogens is 220 g/mol. The van der Waals surface area contributed by atoms with Crippen LogP contribution in [-0.2, 0) is 0 Å². The van der Waals surface area contributed by atoms with Gasteiger partial charge in [0.2, 0.25) is 0 Å². The van der Waals surface area contributed by atoms with Gasteiger partial charge in [0, 0.05) is 11.6 Å². The lowest BCUT2D eigenvalue weighted by molar-refractivity contribution is 0.0585. The van der Waals surface area contributed by atoms with Crippen LogP contribution in [0, 0.1) is 5.92 Å². The Morgan fingerprint density at radius 1 is 1.06 bits per heavy atom. The Bertz CT molecular complexity index is 213. The summed E-state index contributed by atoms with van der Waals surface area (Å²) in [5.74, 6) is 0.861. The second-order valence-electron chi connectivity index (χ2n) is 6.22. The molecule has 1 fully saturated rings. The molecule has 1 saturated carbocycles. The molecule has 0 bridgehead atoms. The van der Waals surface area contributed by atoms with Crippen molar-refractivity contribution in [2.24, 2.45) is 5.92 Å². The van der Waals surface area contributed by atoms with Crippen LogP contribution in [0.2, 0.25) is 0 Å². The average Bonchev–Trinajstić information content (AvgIpc) is 2.64. The predicted molar refractivity (Wildman–Crippen MR) is 81.0 cm³/mol. The van der Waals surface area contributed by atoms with E-state index in [1.165, 1.54) is 51.4 Å². The summed E-state index contributed by atoms with van der Waals surface area (Å²) < 4.78 is 0. The molecule has 1 rings (SSSR count). The molecule has 0 aromatic rings. The van der Waals surface area contributed by atoms with Gasteiger partial charge in [0.1, 0.15) is 0 Å². The van der Waals surface area contributed by atoms with E-state index in [2.05, 4.69) is 45.2 Å². The molecule has 0 spiro atoms. The first kappa shape index (κ1) is 16.0. The highest BCUT2D eigenvalue weighted by Crippen LogP contribution is 2.35. The van der Waals surface area contributed by atoms with Crippen molar-refractivity contribution in [1.82, 2.24) is 10.2 Å². The van der Waals surface area contributed by atoms with Gasteiger partial charge in [0.05, 0.1) is 0 Å². The van der Waals surface area contributed by atoms with Crippen LogP contribution in [0.4, 0.5) is 0 Å². The summed E-state index contributed by atoms with van der Waals surface area (Å²) in [5, 5.41) is 3.68. The Kier molecular flexibility index (Phi) is 6.65. The van der Waals surface area contributed by atoms with Gasteiger partial charge in [-0.15, -0.1) is 0 Å². The third kappa shape index (κ3) is 3.27. The highest BCUT2D eigenvalue weighted by molar-refractivity contribution is 5.00. The summed E-state index contributed by atoms with van der Waals surface area (Å²) in [7, 11) is 6.68. The molecule has 2 heteroatoms. The van der Waals surface area contributed by atoms with Crippen LogP contribution in [0.15, 0.2) is 0 Å². The molecule has 1 aliphatic rings. The quantitative estimate of drug-likeness (QED) is 0.728. The number of rotatable bonds is 6. The van der Waals surface area contributed by atoms with Crippen LogP contribution in [-0.4, -0.2) is 37.6 Å². The van der Waals surface area contributed by atoms with Crippen LogP contribution < -0.4 is 5.32 Å². The van der Waals surface area contributed by atoms with Crippen LogP contribution in [0.5, 0.6) is 0 Å². The van der Waals surface area contributed by atoms with E-state index in [-0.39, 0.29) is 0 Å². The molecule has 1 atom stereocenters. The van der Waals surface area contributed by atoms with E-state index < -0.39 is 0 Å². The maximum Gasteiger partial charge on any atom is 0.0353 e. The van der Waals surface area contributed by atoms with E-state index in [4.69, 9.17) is 0 Å². The summed E-state index contributed by atoms with van der Waals surface area (Å²) in [6, 6.07) is 0.639. The molecule has 1 N–H and O–H groups in total. The number of hydrogen-bond donors (Lipinski definition) is 1. The average molecular weight is 254 g/mol. The fourth-order valence-corrected chi connectivity index (χ4v) is 4.19. The van der Waals surface area contributed by atoms with Gasteiger partial charge in [-0.2, -0.15) is 0 Å². The van der Waals surface area contributed by atoms with E-state index in [1.807, 2.05) is 0 Å². The number of nitrogens with one attached hydrogen (secondary N) is 1. The zero-order valence-electron chi connectivity index (χ0n) is 13.3.